The highest BCUT2D eigenvalue weighted by atomic mass is 79.9. The molecule has 0 nitrogen and oxygen atoms in total. The molecule has 0 amide bonds. The van der Waals surface area contributed by atoms with E-state index in [0.717, 1.165) is 0 Å². The first-order valence-electron chi connectivity index (χ1n) is 5.00. The molecule has 0 aromatic heterocycles. The molecule has 0 unspecified atom stereocenters. The lowest BCUT2D eigenvalue weighted by Gasteiger charge is -2.16. The van der Waals surface area contributed by atoms with Crippen LogP contribution in [0.1, 0.15) is 18.9 Å². The molecule has 0 aliphatic carbocycles. The zero-order valence-electron chi connectivity index (χ0n) is 8.63. The van der Waals surface area contributed by atoms with E-state index in [1.165, 1.54) is 37.8 Å². The van der Waals surface area contributed by atoms with Crippen LogP contribution in [0.3, 0.4) is 0 Å². The van der Waals surface area contributed by atoms with Crippen molar-refractivity contribution in [2.24, 2.45) is 0 Å². The quantitative estimate of drug-likeness (QED) is 0.715. The molecule has 1 fully saturated rings. The van der Waals surface area contributed by atoms with E-state index in [4.69, 9.17) is 0 Å². The Balaban J connectivity index is 2.33. The Morgan fingerprint density at radius 3 is 2.53 bits per heavy atom. The Bertz CT molecular complexity index is 377. The van der Waals surface area contributed by atoms with E-state index in [9.17, 15) is 0 Å². The highest BCUT2D eigenvalue weighted by Crippen LogP contribution is 2.41. The molecular weight excluding hydrogens is 288 g/mol. The fourth-order valence-electron chi connectivity index (χ4n) is 1.52. The molecule has 15 heavy (non-hydrogen) atoms. The summed E-state index contributed by atoms with van der Waals surface area (Å²) in [6, 6.07) is 8.45. The second-order valence-electron chi connectivity index (χ2n) is 3.44. The predicted molar refractivity (Wildman–Crippen MR) is 76.3 cm³/mol. The summed E-state index contributed by atoms with van der Waals surface area (Å²) in [6.45, 7) is 2.22. The van der Waals surface area contributed by atoms with Crippen LogP contribution in [0.5, 0.6) is 0 Å². The lowest BCUT2D eigenvalue weighted by atomic mass is 10.1. The van der Waals surface area contributed by atoms with Gasteiger partial charge >= 0.3 is 0 Å². The number of allylic oxidation sites excluding steroid dienone is 1. The SMILES string of the molecule is CC(=C1SCCCS1)c1ccccc1Br. The van der Waals surface area contributed by atoms with Crippen molar-refractivity contribution in [2.45, 2.75) is 13.3 Å². The second-order valence-corrected chi connectivity index (χ2v) is 6.77. The second kappa shape index (κ2) is 5.46. The van der Waals surface area contributed by atoms with Crippen molar-refractivity contribution in [3.8, 4) is 0 Å². The van der Waals surface area contributed by atoms with E-state index in [1.807, 2.05) is 23.5 Å². The maximum Gasteiger partial charge on any atom is 0.0436 e. The first kappa shape index (κ1) is 11.6. The van der Waals surface area contributed by atoms with E-state index in [1.54, 1.807) is 0 Å². The van der Waals surface area contributed by atoms with Gasteiger partial charge in [0.1, 0.15) is 0 Å². The van der Waals surface area contributed by atoms with Crippen molar-refractivity contribution < 1.29 is 0 Å². The molecule has 0 spiro atoms. The van der Waals surface area contributed by atoms with Crippen molar-refractivity contribution in [3.05, 3.63) is 38.5 Å². The number of rotatable bonds is 1. The van der Waals surface area contributed by atoms with Crippen molar-refractivity contribution in [1.82, 2.24) is 0 Å². The predicted octanol–water partition coefficient (Wildman–Crippen LogP) is 5.01. The lowest BCUT2D eigenvalue weighted by Crippen LogP contribution is -1.94. The Hall–Kier alpha value is 0.140. The first-order chi connectivity index (χ1) is 7.29. The normalized spacial score (nSPS) is 16.5. The van der Waals surface area contributed by atoms with Gasteiger partial charge in [0.25, 0.3) is 0 Å². The van der Waals surface area contributed by atoms with Gasteiger partial charge in [0, 0.05) is 8.71 Å². The van der Waals surface area contributed by atoms with Crippen LogP contribution in [0, 0.1) is 0 Å². The topological polar surface area (TPSA) is 0 Å². The van der Waals surface area contributed by atoms with Crippen LogP contribution < -0.4 is 0 Å². The summed E-state index contributed by atoms with van der Waals surface area (Å²) in [6.07, 6.45) is 1.34. The third kappa shape index (κ3) is 2.83. The minimum atomic E-state index is 1.20. The van der Waals surface area contributed by atoms with Gasteiger partial charge in [-0.05, 0) is 42.1 Å². The van der Waals surface area contributed by atoms with Crippen LogP contribution in [0.25, 0.3) is 5.57 Å². The van der Waals surface area contributed by atoms with Crippen LogP contribution in [0.4, 0.5) is 0 Å². The summed E-state index contributed by atoms with van der Waals surface area (Å²) in [5, 5.41) is 0. The average Bonchev–Trinajstić information content (AvgIpc) is 2.30. The molecule has 3 heteroatoms. The van der Waals surface area contributed by atoms with Gasteiger partial charge < -0.3 is 0 Å². The lowest BCUT2D eigenvalue weighted by molar-refractivity contribution is 1.12. The summed E-state index contributed by atoms with van der Waals surface area (Å²) in [4.78, 5) is 0. The van der Waals surface area contributed by atoms with Crippen molar-refractivity contribution >= 4 is 45.0 Å². The van der Waals surface area contributed by atoms with Gasteiger partial charge in [-0.2, -0.15) is 0 Å². The Kier molecular flexibility index (Phi) is 4.23. The van der Waals surface area contributed by atoms with Gasteiger partial charge in [0.15, 0.2) is 0 Å². The zero-order chi connectivity index (χ0) is 10.7. The summed E-state index contributed by atoms with van der Waals surface area (Å²) in [7, 11) is 0. The standard InChI is InChI=1S/C12H13BrS2/c1-9(12-14-7-4-8-15-12)10-5-2-3-6-11(10)13/h2-3,5-6H,4,7-8H2,1H3. The Labute approximate surface area is 108 Å². The summed E-state index contributed by atoms with van der Waals surface area (Å²) in [5.74, 6) is 2.54. The molecule has 1 aromatic rings. The average molecular weight is 301 g/mol. The molecule has 0 saturated carbocycles. The summed E-state index contributed by atoms with van der Waals surface area (Å²) >= 11 is 7.60. The maximum absolute atomic E-state index is 3.61. The molecule has 1 saturated heterocycles. The molecule has 1 aromatic carbocycles. The summed E-state index contributed by atoms with van der Waals surface area (Å²) < 4.78 is 2.69. The van der Waals surface area contributed by atoms with Gasteiger partial charge in [0.2, 0.25) is 0 Å². The van der Waals surface area contributed by atoms with Gasteiger partial charge in [-0.1, -0.05) is 34.1 Å². The molecule has 0 atom stereocenters. The van der Waals surface area contributed by atoms with Gasteiger partial charge in [0.05, 0.1) is 0 Å². The minimum absolute atomic E-state index is 1.20. The highest BCUT2D eigenvalue weighted by Gasteiger charge is 2.12. The number of benzene rings is 1. The molecule has 0 radical (unpaired) electrons. The summed E-state index contributed by atoms with van der Waals surface area (Å²) in [5.41, 5.74) is 2.74. The molecule has 0 bridgehead atoms. The smallest absolute Gasteiger partial charge is 0.0436 e. The highest BCUT2D eigenvalue weighted by molar-refractivity contribution is 9.10. The molecule has 1 aliphatic rings. The van der Waals surface area contributed by atoms with E-state index in [0.29, 0.717) is 0 Å². The van der Waals surface area contributed by atoms with Crippen LogP contribution in [-0.4, -0.2) is 11.5 Å². The largest absolute Gasteiger partial charge is 0.119 e. The van der Waals surface area contributed by atoms with Gasteiger partial charge in [-0.15, -0.1) is 23.5 Å². The fraction of sp³-hybridized carbons (Fsp3) is 0.333. The molecule has 2 rings (SSSR count). The minimum Gasteiger partial charge on any atom is -0.119 e. The maximum atomic E-state index is 3.61. The van der Waals surface area contributed by atoms with Gasteiger partial charge in [-0.3, -0.25) is 0 Å². The number of hydrogen-bond donors (Lipinski definition) is 0. The Morgan fingerprint density at radius 1 is 1.20 bits per heavy atom. The van der Waals surface area contributed by atoms with Crippen LogP contribution in [-0.2, 0) is 0 Å². The Morgan fingerprint density at radius 2 is 1.87 bits per heavy atom. The monoisotopic (exact) mass is 300 g/mol. The fourth-order valence-corrected chi connectivity index (χ4v) is 4.72. The van der Waals surface area contributed by atoms with E-state index in [2.05, 4.69) is 47.1 Å². The van der Waals surface area contributed by atoms with E-state index in [-0.39, 0.29) is 0 Å². The van der Waals surface area contributed by atoms with Crippen LogP contribution >= 0.6 is 39.5 Å². The molecule has 0 N–H and O–H groups in total. The first-order valence-corrected chi connectivity index (χ1v) is 7.77. The molecule has 80 valence electrons. The van der Waals surface area contributed by atoms with Crippen molar-refractivity contribution in [2.75, 3.05) is 11.5 Å². The van der Waals surface area contributed by atoms with Crippen molar-refractivity contribution in [1.29, 1.82) is 0 Å². The molecular formula is C12H13BrS2. The van der Waals surface area contributed by atoms with Gasteiger partial charge in [-0.25, -0.2) is 0 Å². The third-order valence-corrected chi connectivity index (χ3v) is 5.86. The van der Waals surface area contributed by atoms with E-state index < -0.39 is 0 Å². The third-order valence-electron chi connectivity index (χ3n) is 2.34. The van der Waals surface area contributed by atoms with E-state index >= 15 is 0 Å². The number of thioether (sulfide) groups is 2. The zero-order valence-corrected chi connectivity index (χ0v) is 11.8. The number of halogens is 1. The van der Waals surface area contributed by atoms with Crippen molar-refractivity contribution in [3.63, 3.8) is 0 Å². The molecule has 1 heterocycles. The van der Waals surface area contributed by atoms with Crippen LogP contribution in [0.2, 0.25) is 0 Å². The number of hydrogen-bond acceptors (Lipinski definition) is 2. The van der Waals surface area contributed by atoms with Crippen LogP contribution in [0.15, 0.2) is 33.0 Å². The molecule has 1 aliphatic heterocycles.